The molecule has 0 saturated heterocycles. The van der Waals surface area contributed by atoms with Crippen molar-refractivity contribution < 1.29 is 4.74 Å². The highest BCUT2D eigenvalue weighted by molar-refractivity contribution is 7.17. The van der Waals surface area contributed by atoms with E-state index in [1.54, 1.807) is 6.20 Å². The molecule has 2 aromatic carbocycles. The van der Waals surface area contributed by atoms with E-state index in [2.05, 4.69) is 17.1 Å². The Morgan fingerprint density at radius 2 is 1.68 bits per heavy atom. The standard InChI is InChI=1S/C15H12N2OS/c16-14-10-17-15(19-14)18-13-9-5-4-8-12(13)11-6-2-1-3-7-11/h1-10H,16H2. The van der Waals surface area contributed by atoms with Crippen molar-refractivity contribution in [3.8, 4) is 22.1 Å². The monoisotopic (exact) mass is 268 g/mol. The van der Waals surface area contributed by atoms with Crippen LogP contribution >= 0.6 is 11.3 Å². The summed E-state index contributed by atoms with van der Waals surface area (Å²) in [6.45, 7) is 0. The zero-order chi connectivity index (χ0) is 13.1. The minimum atomic E-state index is 0.556. The molecule has 0 aliphatic heterocycles. The van der Waals surface area contributed by atoms with E-state index in [1.807, 2.05) is 42.5 Å². The summed E-state index contributed by atoms with van der Waals surface area (Å²) in [5, 5.41) is 1.20. The molecule has 1 aromatic heterocycles. The second-order valence-electron chi connectivity index (χ2n) is 3.99. The molecule has 0 fully saturated rings. The van der Waals surface area contributed by atoms with Crippen molar-refractivity contribution in [2.24, 2.45) is 0 Å². The first-order chi connectivity index (χ1) is 9.33. The third kappa shape index (κ3) is 2.58. The van der Waals surface area contributed by atoms with Crippen molar-refractivity contribution >= 4 is 16.3 Å². The number of thiazole rings is 1. The molecule has 0 atom stereocenters. The second-order valence-corrected chi connectivity index (χ2v) is 5.02. The molecule has 2 N–H and O–H groups in total. The molecule has 0 unspecified atom stereocenters. The maximum atomic E-state index is 5.81. The van der Waals surface area contributed by atoms with Crippen molar-refractivity contribution in [2.45, 2.75) is 0 Å². The first-order valence-electron chi connectivity index (χ1n) is 5.86. The molecule has 3 aromatic rings. The van der Waals surface area contributed by atoms with Crippen LogP contribution in [0.2, 0.25) is 0 Å². The largest absolute Gasteiger partial charge is 0.430 e. The summed E-state index contributed by atoms with van der Waals surface area (Å²) in [4.78, 5) is 4.12. The summed E-state index contributed by atoms with van der Waals surface area (Å²) in [5.41, 5.74) is 7.81. The van der Waals surface area contributed by atoms with Crippen molar-refractivity contribution in [3.05, 3.63) is 60.8 Å². The van der Waals surface area contributed by atoms with Crippen LogP contribution in [-0.4, -0.2) is 4.98 Å². The van der Waals surface area contributed by atoms with Gasteiger partial charge in [-0.3, -0.25) is 0 Å². The quantitative estimate of drug-likeness (QED) is 0.775. The van der Waals surface area contributed by atoms with Crippen molar-refractivity contribution in [2.75, 3.05) is 5.73 Å². The summed E-state index contributed by atoms with van der Waals surface area (Å²) < 4.78 is 5.81. The molecular weight excluding hydrogens is 256 g/mol. The maximum Gasteiger partial charge on any atom is 0.280 e. The number of para-hydroxylation sites is 1. The minimum Gasteiger partial charge on any atom is -0.430 e. The van der Waals surface area contributed by atoms with E-state index in [9.17, 15) is 0 Å². The van der Waals surface area contributed by atoms with Gasteiger partial charge in [0.25, 0.3) is 5.19 Å². The Morgan fingerprint density at radius 3 is 2.42 bits per heavy atom. The van der Waals surface area contributed by atoms with Gasteiger partial charge in [-0.15, -0.1) is 0 Å². The molecule has 0 bridgehead atoms. The highest BCUT2D eigenvalue weighted by Gasteiger charge is 2.08. The highest BCUT2D eigenvalue weighted by Crippen LogP contribution is 2.34. The van der Waals surface area contributed by atoms with E-state index in [4.69, 9.17) is 10.5 Å². The van der Waals surface area contributed by atoms with Gasteiger partial charge >= 0.3 is 0 Å². The van der Waals surface area contributed by atoms with Crippen LogP contribution in [0.5, 0.6) is 10.9 Å². The van der Waals surface area contributed by atoms with Crippen LogP contribution in [0.4, 0.5) is 5.00 Å². The summed E-state index contributed by atoms with van der Waals surface area (Å²) in [5.74, 6) is 0.781. The lowest BCUT2D eigenvalue weighted by molar-refractivity contribution is 0.480. The van der Waals surface area contributed by atoms with E-state index in [0.29, 0.717) is 10.2 Å². The number of rotatable bonds is 3. The van der Waals surface area contributed by atoms with Crippen LogP contribution in [0.25, 0.3) is 11.1 Å². The molecular formula is C15H12N2OS. The topological polar surface area (TPSA) is 48.1 Å². The molecule has 0 spiro atoms. The molecule has 0 saturated carbocycles. The van der Waals surface area contributed by atoms with Gasteiger partial charge in [0.15, 0.2) is 0 Å². The van der Waals surface area contributed by atoms with Crippen LogP contribution in [0, 0.1) is 0 Å². The Morgan fingerprint density at radius 1 is 0.947 bits per heavy atom. The summed E-state index contributed by atoms with van der Waals surface area (Å²) in [7, 11) is 0. The molecule has 19 heavy (non-hydrogen) atoms. The lowest BCUT2D eigenvalue weighted by Gasteiger charge is -2.08. The van der Waals surface area contributed by atoms with E-state index in [0.717, 1.165) is 16.9 Å². The third-order valence-electron chi connectivity index (χ3n) is 2.67. The number of hydrogen-bond acceptors (Lipinski definition) is 4. The molecule has 0 amide bonds. The van der Waals surface area contributed by atoms with E-state index in [-0.39, 0.29) is 0 Å². The van der Waals surface area contributed by atoms with Gasteiger partial charge in [0, 0.05) is 5.56 Å². The number of benzene rings is 2. The number of nitrogens with zero attached hydrogens (tertiary/aromatic N) is 1. The molecule has 0 radical (unpaired) electrons. The minimum absolute atomic E-state index is 0.556. The highest BCUT2D eigenvalue weighted by atomic mass is 32.1. The SMILES string of the molecule is Nc1cnc(Oc2ccccc2-c2ccccc2)s1. The smallest absolute Gasteiger partial charge is 0.280 e. The van der Waals surface area contributed by atoms with Crippen LogP contribution in [-0.2, 0) is 0 Å². The van der Waals surface area contributed by atoms with Gasteiger partial charge in [-0.05, 0) is 11.6 Å². The molecule has 3 nitrogen and oxygen atoms in total. The van der Waals surface area contributed by atoms with Crippen molar-refractivity contribution in [3.63, 3.8) is 0 Å². The predicted octanol–water partition coefficient (Wildman–Crippen LogP) is 4.18. The number of aromatic nitrogens is 1. The maximum absolute atomic E-state index is 5.81. The van der Waals surface area contributed by atoms with Crippen LogP contribution in [0.15, 0.2) is 60.8 Å². The number of ether oxygens (including phenoxy) is 1. The van der Waals surface area contributed by atoms with Gasteiger partial charge in [-0.25, -0.2) is 4.98 Å². The summed E-state index contributed by atoms with van der Waals surface area (Å²) in [6.07, 6.45) is 1.60. The van der Waals surface area contributed by atoms with Gasteiger partial charge in [-0.2, -0.15) is 0 Å². The van der Waals surface area contributed by atoms with E-state index < -0.39 is 0 Å². The number of nitrogen functional groups attached to an aromatic ring is 1. The summed E-state index contributed by atoms with van der Waals surface area (Å²) >= 11 is 1.33. The van der Waals surface area contributed by atoms with Crippen LogP contribution in [0.1, 0.15) is 0 Å². The average Bonchev–Trinajstić information content (AvgIpc) is 2.86. The Kier molecular flexibility index (Phi) is 3.16. The van der Waals surface area contributed by atoms with Gasteiger partial charge in [0.05, 0.1) is 6.20 Å². The molecule has 1 heterocycles. The summed E-state index contributed by atoms with van der Waals surface area (Å²) in [6, 6.07) is 18.0. The zero-order valence-corrected chi connectivity index (χ0v) is 10.9. The van der Waals surface area contributed by atoms with E-state index >= 15 is 0 Å². The first-order valence-corrected chi connectivity index (χ1v) is 6.68. The number of nitrogens with two attached hydrogens (primary N) is 1. The van der Waals surface area contributed by atoms with Crippen molar-refractivity contribution in [1.29, 1.82) is 0 Å². The Hall–Kier alpha value is -2.33. The number of hydrogen-bond donors (Lipinski definition) is 1. The number of anilines is 1. The van der Waals surface area contributed by atoms with Gasteiger partial charge in [0.1, 0.15) is 10.8 Å². The predicted molar refractivity (Wildman–Crippen MR) is 78.5 cm³/mol. The molecule has 0 aliphatic rings. The third-order valence-corrected chi connectivity index (χ3v) is 3.38. The van der Waals surface area contributed by atoms with Crippen molar-refractivity contribution in [1.82, 2.24) is 4.98 Å². The molecule has 94 valence electrons. The Bertz CT molecular complexity index is 679. The first kappa shape index (κ1) is 11.7. The average molecular weight is 268 g/mol. The normalized spacial score (nSPS) is 10.3. The second kappa shape index (κ2) is 5.12. The lowest BCUT2D eigenvalue weighted by atomic mass is 10.1. The van der Waals surface area contributed by atoms with E-state index in [1.165, 1.54) is 11.3 Å². The molecule has 4 heteroatoms. The zero-order valence-electron chi connectivity index (χ0n) is 10.1. The van der Waals surface area contributed by atoms with Crippen LogP contribution in [0.3, 0.4) is 0 Å². The van der Waals surface area contributed by atoms with Gasteiger partial charge in [-0.1, -0.05) is 59.9 Å². The Balaban J connectivity index is 1.98. The lowest BCUT2D eigenvalue weighted by Crippen LogP contribution is -1.87. The fraction of sp³-hybridized carbons (Fsp3) is 0. The Labute approximate surface area is 115 Å². The van der Waals surface area contributed by atoms with Gasteiger partial charge < -0.3 is 10.5 Å². The van der Waals surface area contributed by atoms with Gasteiger partial charge in [0.2, 0.25) is 0 Å². The fourth-order valence-electron chi connectivity index (χ4n) is 1.82. The molecule has 3 rings (SSSR count). The molecule has 0 aliphatic carbocycles. The fourth-order valence-corrected chi connectivity index (χ4v) is 2.37. The van der Waals surface area contributed by atoms with Crippen LogP contribution < -0.4 is 10.5 Å².